The molecule has 2 aliphatic heterocycles. The highest BCUT2D eigenvalue weighted by Gasteiger charge is 2.19. The highest BCUT2D eigenvalue weighted by atomic mass is 79.9. The van der Waals surface area contributed by atoms with Gasteiger partial charge in [-0.1, -0.05) is 15.9 Å². The fourth-order valence-corrected chi connectivity index (χ4v) is 3.51. The fourth-order valence-electron chi connectivity index (χ4n) is 3.14. The van der Waals surface area contributed by atoms with E-state index in [0.717, 1.165) is 36.5 Å². The van der Waals surface area contributed by atoms with Gasteiger partial charge < -0.3 is 24.4 Å². The van der Waals surface area contributed by atoms with Crippen molar-refractivity contribution in [3.8, 4) is 5.75 Å². The maximum atomic E-state index is 9.96. The molecule has 0 atom stereocenters. The summed E-state index contributed by atoms with van der Waals surface area (Å²) in [5, 5.41) is 14.2. The van der Waals surface area contributed by atoms with Crippen molar-refractivity contribution >= 4 is 39.7 Å². The van der Waals surface area contributed by atoms with E-state index in [4.69, 9.17) is 14.5 Å². The highest BCUT2D eigenvalue weighted by molar-refractivity contribution is 9.10. The van der Waals surface area contributed by atoms with Crippen molar-refractivity contribution in [2.75, 3.05) is 67.8 Å². The number of rotatable bonds is 5. The average Bonchev–Trinajstić information content (AvgIpc) is 2.77. The Morgan fingerprint density at radius 3 is 2.41 bits per heavy atom. The maximum Gasteiger partial charge on any atom is 0.229 e. The van der Waals surface area contributed by atoms with E-state index < -0.39 is 0 Å². The van der Waals surface area contributed by atoms with E-state index in [2.05, 4.69) is 41.2 Å². The number of ether oxygens (including phenoxy) is 2. The average molecular weight is 463 g/mol. The molecular formula is C19H23BrN6O3. The van der Waals surface area contributed by atoms with Crippen LogP contribution < -0.4 is 15.2 Å². The number of nitrogens with one attached hydrogen (secondary N) is 1. The topological polar surface area (TPSA) is 95.3 Å². The first-order chi connectivity index (χ1) is 14.2. The van der Waals surface area contributed by atoms with Gasteiger partial charge in [-0.25, -0.2) is 0 Å². The Morgan fingerprint density at radius 2 is 1.69 bits per heavy atom. The SMILES string of the molecule is Oc1ccc(Br)cc1C=NNc1cc(N2CCOCC2)nc(N2CCOCC2)n1. The van der Waals surface area contributed by atoms with Gasteiger partial charge in [-0.2, -0.15) is 15.1 Å². The van der Waals surface area contributed by atoms with E-state index in [1.54, 1.807) is 24.4 Å². The lowest BCUT2D eigenvalue weighted by atomic mass is 10.2. The van der Waals surface area contributed by atoms with E-state index >= 15 is 0 Å². The molecule has 154 valence electrons. The van der Waals surface area contributed by atoms with Crippen LogP contribution in [0.3, 0.4) is 0 Å². The molecule has 1 aromatic heterocycles. The van der Waals surface area contributed by atoms with Gasteiger partial charge in [0.25, 0.3) is 0 Å². The zero-order chi connectivity index (χ0) is 20.1. The van der Waals surface area contributed by atoms with Crippen molar-refractivity contribution in [1.82, 2.24) is 9.97 Å². The van der Waals surface area contributed by atoms with E-state index in [-0.39, 0.29) is 5.75 Å². The molecule has 0 amide bonds. The molecule has 4 rings (SSSR count). The van der Waals surface area contributed by atoms with Gasteiger partial charge in [0.05, 0.1) is 32.6 Å². The van der Waals surface area contributed by atoms with Crippen molar-refractivity contribution in [2.45, 2.75) is 0 Å². The number of phenols is 1. The molecule has 3 heterocycles. The van der Waals surface area contributed by atoms with Crippen LogP contribution in [0.15, 0.2) is 33.8 Å². The first-order valence-corrected chi connectivity index (χ1v) is 10.3. The number of anilines is 3. The summed E-state index contributed by atoms with van der Waals surface area (Å²) in [6.07, 6.45) is 1.56. The zero-order valence-electron chi connectivity index (χ0n) is 15.9. The Labute approximate surface area is 177 Å². The van der Waals surface area contributed by atoms with E-state index in [1.807, 2.05) is 6.07 Å². The summed E-state index contributed by atoms with van der Waals surface area (Å²) in [6, 6.07) is 7.06. The Bertz CT molecular complexity index is 833. The minimum atomic E-state index is 0.157. The Hall–Kier alpha value is -2.43. The molecule has 9 nitrogen and oxygen atoms in total. The number of hydrazone groups is 1. The van der Waals surface area contributed by atoms with E-state index in [0.29, 0.717) is 43.8 Å². The second-order valence-corrected chi connectivity index (χ2v) is 7.60. The second kappa shape index (κ2) is 9.38. The van der Waals surface area contributed by atoms with Gasteiger partial charge in [-0.05, 0) is 18.2 Å². The number of aromatic nitrogens is 2. The van der Waals surface area contributed by atoms with Gasteiger partial charge in [-0.3, -0.25) is 5.43 Å². The van der Waals surface area contributed by atoms with E-state index in [9.17, 15) is 5.11 Å². The van der Waals surface area contributed by atoms with Crippen LogP contribution in [0.4, 0.5) is 17.6 Å². The molecule has 2 aromatic rings. The molecule has 0 spiro atoms. The summed E-state index contributed by atoms with van der Waals surface area (Å²) in [4.78, 5) is 13.7. The third-order valence-corrected chi connectivity index (χ3v) is 5.20. The van der Waals surface area contributed by atoms with Gasteiger partial charge in [-0.15, -0.1) is 0 Å². The molecule has 29 heavy (non-hydrogen) atoms. The van der Waals surface area contributed by atoms with Crippen molar-refractivity contribution < 1.29 is 14.6 Å². The summed E-state index contributed by atoms with van der Waals surface area (Å²) < 4.78 is 11.8. The molecule has 0 unspecified atom stereocenters. The Morgan fingerprint density at radius 1 is 1.00 bits per heavy atom. The number of benzene rings is 1. The monoisotopic (exact) mass is 462 g/mol. The number of halogens is 1. The zero-order valence-corrected chi connectivity index (χ0v) is 17.5. The smallest absolute Gasteiger partial charge is 0.229 e. The lowest BCUT2D eigenvalue weighted by Gasteiger charge is -2.31. The first-order valence-electron chi connectivity index (χ1n) is 9.51. The number of phenolic OH excluding ortho intramolecular Hbond substituents is 1. The van der Waals surface area contributed by atoms with Gasteiger partial charge in [0, 0.05) is 42.3 Å². The standard InChI is InChI=1S/C19H23BrN6O3/c20-15-1-2-16(27)14(11-15)13-21-24-17-12-18(25-3-7-28-8-4-25)23-19(22-17)26-5-9-29-10-6-26/h1-2,11-13,27H,3-10H2,(H,22,23,24). The summed E-state index contributed by atoms with van der Waals surface area (Å²) in [5.41, 5.74) is 3.57. The Kier molecular flexibility index (Phi) is 6.43. The van der Waals surface area contributed by atoms with Crippen LogP contribution in [-0.4, -0.2) is 73.9 Å². The van der Waals surface area contributed by atoms with Gasteiger partial charge in [0.2, 0.25) is 5.95 Å². The molecule has 0 aliphatic carbocycles. The molecule has 2 N–H and O–H groups in total. The van der Waals surface area contributed by atoms with Crippen molar-refractivity contribution in [1.29, 1.82) is 0 Å². The lowest BCUT2D eigenvalue weighted by Crippen LogP contribution is -2.39. The highest BCUT2D eigenvalue weighted by Crippen LogP contribution is 2.23. The minimum absolute atomic E-state index is 0.157. The number of morpholine rings is 2. The predicted octanol–water partition coefficient (Wildman–Crippen LogP) is 2.06. The second-order valence-electron chi connectivity index (χ2n) is 6.68. The molecule has 1 aromatic carbocycles. The summed E-state index contributed by atoms with van der Waals surface area (Å²) in [7, 11) is 0. The van der Waals surface area contributed by atoms with Crippen molar-refractivity contribution in [3.63, 3.8) is 0 Å². The normalized spacial score (nSPS) is 17.7. The van der Waals surface area contributed by atoms with Crippen LogP contribution in [0.25, 0.3) is 0 Å². The van der Waals surface area contributed by atoms with Crippen LogP contribution >= 0.6 is 15.9 Å². The van der Waals surface area contributed by atoms with Gasteiger partial charge >= 0.3 is 0 Å². The number of hydrogen-bond donors (Lipinski definition) is 2. The molecule has 0 saturated carbocycles. The Balaban J connectivity index is 1.57. The quantitative estimate of drug-likeness (QED) is 0.514. The maximum absolute atomic E-state index is 9.96. The fraction of sp³-hybridized carbons (Fsp3) is 0.421. The number of nitrogens with zero attached hydrogens (tertiary/aromatic N) is 5. The molecular weight excluding hydrogens is 440 g/mol. The van der Waals surface area contributed by atoms with E-state index in [1.165, 1.54) is 0 Å². The number of aromatic hydroxyl groups is 1. The van der Waals surface area contributed by atoms with Gasteiger partial charge in [0.1, 0.15) is 11.6 Å². The third kappa shape index (κ3) is 5.14. The minimum Gasteiger partial charge on any atom is -0.507 e. The molecule has 10 heteroatoms. The van der Waals surface area contributed by atoms with Crippen molar-refractivity contribution in [2.24, 2.45) is 5.10 Å². The molecule has 0 radical (unpaired) electrons. The van der Waals surface area contributed by atoms with Crippen LogP contribution in [0.5, 0.6) is 5.75 Å². The summed E-state index contributed by atoms with van der Waals surface area (Å²) >= 11 is 3.40. The summed E-state index contributed by atoms with van der Waals surface area (Å²) in [5.74, 6) is 2.24. The van der Waals surface area contributed by atoms with Crippen LogP contribution in [0, 0.1) is 0 Å². The number of hydrogen-bond acceptors (Lipinski definition) is 9. The van der Waals surface area contributed by atoms with Crippen molar-refractivity contribution in [3.05, 3.63) is 34.3 Å². The molecule has 2 saturated heterocycles. The molecule has 2 fully saturated rings. The van der Waals surface area contributed by atoms with Gasteiger partial charge in [0.15, 0.2) is 5.82 Å². The molecule has 2 aliphatic rings. The largest absolute Gasteiger partial charge is 0.507 e. The predicted molar refractivity (Wildman–Crippen MR) is 115 cm³/mol. The molecule has 0 bridgehead atoms. The lowest BCUT2D eigenvalue weighted by molar-refractivity contribution is 0.121. The van der Waals surface area contributed by atoms with Crippen LogP contribution in [0.2, 0.25) is 0 Å². The van der Waals surface area contributed by atoms with Crippen LogP contribution in [-0.2, 0) is 9.47 Å². The van der Waals surface area contributed by atoms with Crippen LogP contribution in [0.1, 0.15) is 5.56 Å². The third-order valence-electron chi connectivity index (χ3n) is 4.70. The summed E-state index contributed by atoms with van der Waals surface area (Å²) in [6.45, 7) is 5.76. The first kappa shape index (κ1) is 19.9.